The number of ether oxygens (including phenoxy) is 2. The fourth-order valence-electron chi connectivity index (χ4n) is 1.08. The lowest BCUT2D eigenvalue weighted by atomic mass is 10.1. The highest BCUT2D eigenvalue weighted by molar-refractivity contribution is 6.18. The molecule has 0 radical (unpaired) electrons. The Morgan fingerprint density at radius 2 is 1.73 bits per heavy atom. The zero-order chi connectivity index (χ0) is 11.3. The van der Waals surface area contributed by atoms with E-state index < -0.39 is 11.9 Å². The maximum atomic E-state index is 11.4. The van der Waals surface area contributed by atoms with Crippen LogP contribution in [0.25, 0.3) is 0 Å². The normalized spacial score (nSPS) is 9.47. The lowest BCUT2D eigenvalue weighted by Gasteiger charge is -2.05. The van der Waals surface area contributed by atoms with Gasteiger partial charge in [-0.25, -0.2) is 9.59 Å². The van der Waals surface area contributed by atoms with Crippen LogP contribution >= 0.6 is 11.6 Å². The van der Waals surface area contributed by atoms with Crippen molar-refractivity contribution in [2.24, 2.45) is 0 Å². The molecular weight excluding hydrogens is 220 g/mol. The molecule has 0 heterocycles. The van der Waals surface area contributed by atoms with Gasteiger partial charge in [-0.2, -0.15) is 0 Å². The lowest BCUT2D eigenvalue weighted by molar-refractivity contribution is 0.0539. The first-order valence-corrected chi connectivity index (χ1v) is 4.64. The van der Waals surface area contributed by atoms with Crippen LogP contribution in [-0.2, 0) is 9.47 Å². The number of rotatable bonds is 3. The molecule has 1 rings (SSSR count). The van der Waals surface area contributed by atoms with Crippen LogP contribution in [0.2, 0.25) is 0 Å². The fraction of sp³-hybridized carbons (Fsp3) is 0.200. The van der Waals surface area contributed by atoms with Crippen molar-refractivity contribution in [1.82, 2.24) is 0 Å². The molecule has 0 atom stereocenters. The van der Waals surface area contributed by atoms with E-state index in [2.05, 4.69) is 9.47 Å². The van der Waals surface area contributed by atoms with Crippen molar-refractivity contribution in [2.75, 3.05) is 13.2 Å². The Bertz CT molecular complexity index is 375. The Morgan fingerprint density at radius 3 is 2.20 bits per heavy atom. The molecule has 5 heteroatoms. The fourth-order valence-corrected chi connectivity index (χ4v) is 1.18. The summed E-state index contributed by atoms with van der Waals surface area (Å²) in [6.45, 7) is 0. The Labute approximate surface area is 91.7 Å². The average Bonchev–Trinajstić information content (AvgIpc) is 2.28. The molecule has 0 bridgehead atoms. The number of methoxy groups -OCH3 is 1. The van der Waals surface area contributed by atoms with Crippen LogP contribution in [0.3, 0.4) is 0 Å². The Kier molecular flexibility index (Phi) is 4.12. The SMILES string of the molecule is COC(=O)c1ccccc1C(=O)OCCl. The first kappa shape index (κ1) is 11.5. The minimum atomic E-state index is -0.647. The van der Waals surface area contributed by atoms with Gasteiger partial charge in [-0.3, -0.25) is 0 Å². The third-order valence-corrected chi connectivity index (χ3v) is 1.85. The zero-order valence-corrected chi connectivity index (χ0v) is 8.78. The van der Waals surface area contributed by atoms with Gasteiger partial charge in [-0.05, 0) is 12.1 Å². The van der Waals surface area contributed by atoms with Gasteiger partial charge in [0, 0.05) is 0 Å². The Morgan fingerprint density at radius 1 is 1.20 bits per heavy atom. The zero-order valence-electron chi connectivity index (χ0n) is 8.03. The molecule has 4 nitrogen and oxygen atoms in total. The molecule has 0 N–H and O–H groups in total. The molecule has 15 heavy (non-hydrogen) atoms. The third kappa shape index (κ3) is 2.70. The molecule has 0 saturated heterocycles. The van der Waals surface area contributed by atoms with Crippen LogP contribution in [0, 0.1) is 0 Å². The highest BCUT2D eigenvalue weighted by Gasteiger charge is 2.17. The molecule has 0 fully saturated rings. The summed E-state index contributed by atoms with van der Waals surface area (Å²) >= 11 is 5.25. The van der Waals surface area contributed by atoms with Gasteiger partial charge in [0.2, 0.25) is 0 Å². The number of hydrogen-bond acceptors (Lipinski definition) is 4. The highest BCUT2D eigenvalue weighted by Crippen LogP contribution is 2.11. The van der Waals surface area contributed by atoms with E-state index in [0.29, 0.717) is 0 Å². The molecular formula is C10H9ClO4. The van der Waals surface area contributed by atoms with Crippen LogP contribution < -0.4 is 0 Å². The van der Waals surface area contributed by atoms with Gasteiger partial charge < -0.3 is 9.47 Å². The summed E-state index contributed by atoms with van der Waals surface area (Å²) < 4.78 is 9.11. The van der Waals surface area contributed by atoms with E-state index >= 15 is 0 Å². The van der Waals surface area contributed by atoms with E-state index in [1.54, 1.807) is 12.1 Å². The summed E-state index contributed by atoms with van der Waals surface area (Å²) in [7, 11) is 1.24. The van der Waals surface area contributed by atoms with E-state index in [0.717, 1.165) is 0 Å². The summed E-state index contributed by atoms with van der Waals surface area (Å²) in [6.07, 6.45) is 0. The summed E-state index contributed by atoms with van der Waals surface area (Å²) in [4.78, 5) is 22.7. The van der Waals surface area contributed by atoms with E-state index in [-0.39, 0.29) is 17.2 Å². The smallest absolute Gasteiger partial charge is 0.340 e. The molecule has 0 aliphatic carbocycles. The molecule has 0 spiro atoms. The number of hydrogen-bond donors (Lipinski definition) is 0. The third-order valence-electron chi connectivity index (χ3n) is 1.74. The second-order valence-corrected chi connectivity index (χ2v) is 2.80. The van der Waals surface area contributed by atoms with Crippen molar-refractivity contribution in [3.05, 3.63) is 35.4 Å². The molecule has 0 amide bonds. The van der Waals surface area contributed by atoms with Crippen molar-refractivity contribution in [2.45, 2.75) is 0 Å². The van der Waals surface area contributed by atoms with Gasteiger partial charge in [0.25, 0.3) is 0 Å². The summed E-state index contributed by atoms with van der Waals surface area (Å²) in [5.41, 5.74) is 0.306. The molecule has 0 saturated carbocycles. The molecule has 0 aromatic heterocycles. The predicted molar refractivity (Wildman–Crippen MR) is 53.9 cm³/mol. The average molecular weight is 229 g/mol. The van der Waals surface area contributed by atoms with Crippen LogP contribution in [0.1, 0.15) is 20.7 Å². The Balaban J connectivity index is 3.06. The van der Waals surface area contributed by atoms with E-state index in [9.17, 15) is 9.59 Å². The second-order valence-electron chi connectivity index (χ2n) is 2.58. The van der Waals surface area contributed by atoms with E-state index in [4.69, 9.17) is 11.6 Å². The summed E-state index contributed by atoms with van der Waals surface area (Å²) in [5.74, 6) is -1.23. The summed E-state index contributed by atoms with van der Waals surface area (Å²) in [6, 6.07) is 5.95. The molecule has 0 aliphatic heterocycles. The monoisotopic (exact) mass is 228 g/mol. The van der Waals surface area contributed by atoms with Gasteiger partial charge in [0.05, 0.1) is 18.2 Å². The van der Waals surface area contributed by atoms with Gasteiger partial charge in [0.15, 0.2) is 6.07 Å². The van der Waals surface area contributed by atoms with Gasteiger partial charge >= 0.3 is 11.9 Å². The first-order chi connectivity index (χ1) is 7.20. The Hall–Kier alpha value is -1.55. The van der Waals surface area contributed by atoms with Crippen molar-refractivity contribution in [3.63, 3.8) is 0 Å². The number of carbonyl (C=O) groups excluding carboxylic acids is 2. The van der Waals surface area contributed by atoms with Crippen LogP contribution in [0.15, 0.2) is 24.3 Å². The van der Waals surface area contributed by atoms with Crippen LogP contribution in [-0.4, -0.2) is 25.1 Å². The van der Waals surface area contributed by atoms with Gasteiger partial charge in [-0.1, -0.05) is 23.7 Å². The van der Waals surface area contributed by atoms with Crippen molar-refractivity contribution < 1.29 is 19.1 Å². The van der Waals surface area contributed by atoms with Crippen molar-refractivity contribution >= 4 is 23.5 Å². The molecule has 80 valence electrons. The largest absolute Gasteiger partial charge is 0.465 e. The van der Waals surface area contributed by atoms with E-state index in [1.807, 2.05) is 0 Å². The topological polar surface area (TPSA) is 52.6 Å². The molecule has 1 aromatic carbocycles. The lowest BCUT2D eigenvalue weighted by Crippen LogP contribution is -2.12. The molecule has 1 aromatic rings. The van der Waals surface area contributed by atoms with Gasteiger partial charge in [-0.15, -0.1) is 0 Å². The van der Waals surface area contributed by atoms with Gasteiger partial charge in [0.1, 0.15) is 0 Å². The van der Waals surface area contributed by atoms with E-state index in [1.165, 1.54) is 19.2 Å². The summed E-state index contributed by atoms with van der Waals surface area (Å²) in [5, 5.41) is 0. The van der Waals surface area contributed by atoms with Crippen LogP contribution in [0.4, 0.5) is 0 Å². The minimum absolute atomic E-state index is 0.144. The number of carbonyl (C=O) groups is 2. The number of esters is 2. The molecule has 0 aliphatic rings. The minimum Gasteiger partial charge on any atom is -0.465 e. The maximum absolute atomic E-state index is 11.4. The number of halogens is 1. The number of benzene rings is 1. The highest BCUT2D eigenvalue weighted by atomic mass is 35.5. The molecule has 0 unspecified atom stereocenters. The second kappa shape index (κ2) is 5.36. The first-order valence-electron chi connectivity index (χ1n) is 4.11. The number of alkyl halides is 1. The standard InChI is InChI=1S/C10H9ClO4/c1-14-9(12)7-4-2-3-5-8(7)10(13)15-6-11/h2-5H,6H2,1H3. The van der Waals surface area contributed by atoms with Crippen molar-refractivity contribution in [1.29, 1.82) is 0 Å². The quantitative estimate of drug-likeness (QED) is 0.585. The predicted octanol–water partition coefficient (Wildman–Crippen LogP) is 1.83. The maximum Gasteiger partial charge on any atom is 0.340 e. The van der Waals surface area contributed by atoms with Crippen LogP contribution in [0.5, 0.6) is 0 Å². The van der Waals surface area contributed by atoms with Crippen molar-refractivity contribution in [3.8, 4) is 0 Å².